The Morgan fingerprint density at radius 2 is 1.74 bits per heavy atom. The molecule has 3 rings (SSSR count). The molecule has 0 amide bonds. The lowest BCUT2D eigenvalue weighted by Gasteiger charge is -2.40. The molecule has 0 saturated heterocycles. The highest BCUT2D eigenvalue weighted by molar-refractivity contribution is 5.20. The average molecular weight is 258 g/mol. The number of nitrogens with two attached hydrogens (primary N) is 1. The minimum atomic E-state index is 0.230. The van der Waals surface area contributed by atoms with E-state index in [0.29, 0.717) is 0 Å². The molecule has 0 heterocycles. The maximum atomic E-state index is 6.07. The van der Waals surface area contributed by atoms with Gasteiger partial charge in [0.05, 0.1) is 0 Å². The smallest absolute Gasteiger partial charge is 0.0304 e. The van der Waals surface area contributed by atoms with Gasteiger partial charge in [0.2, 0.25) is 0 Å². The van der Waals surface area contributed by atoms with Gasteiger partial charge in [0.15, 0.2) is 0 Å². The van der Waals surface area contributed by atoms with E-state index in [9.17, 15) is 0 Å². The van der Waals surface area contributed by atoms with Crippen molar-refractivity contribution in [3.8, 4) is 0 Å². The van der Waals surface area contributed by atoms with Crippen molar-refractivity contribution in [1.29, 1.82) is 0 Å². The van der Waals surface area contributed by atoms with E-state index in [0.717, 1.165) is 18.4 Å². The van der Waals surface area contributed by atoms with Crippen molar-refractivity contribution in [3.63, 3.8) is 0 Å². The van der Waals surface area contributed by atoms with Gasteiger partial charge in [0.25, 0.3) is 0 Å². The third-order valence-electron chi connectivity index (χ3n) is 5.07. The summed E-state index contributed by atoms with van der Waals surface area (Å²) in [5, 5.41) is 3.79. The van der Waals surface area contributed by atoms with E-state index in [2.05, 4.69) is 35.6 Å². The van der Waals surface area contributed by atoms with E-state index in [1.807, 2.05) is 0 Å². The van der Waals surface area contributed by atoms with Crippen LogP contribution in [0.5, 0.6) is 0 Å². The zero-order valence-electron chi connectivity index (χ0n) is 11.8. The van der Waals surface area contributed by atoms with Crippen LogP contribution in [0.15, 0.2) is 30.3 Å². The van der Waals surface area contributed by atoms with Gasteiger partial charge in [0, 0.05) is 12.1 Å². The average Bonchev–Trinajstić information content (AvgIpc) is 3.31. The Bertz CT molecular complexity index is 389. The van der Waals surface area contributed by atoms with Gasteiger partial charge in [0.1, 0.15) is 0 Å². The summed E-state index contributed by atoms with van der Waals surface area (Å²) in [6, 6.07) is 11.0. The van der Waals surface area contributed by atoms with Crippen LogP contribution in [-0.4, -0.2) is 18.6 Å². The molecule has 0 aliphatic heterocycles. The van der Waals surface area contributed by atoms with Gasteiger partial charge in [-0.1, -0.05) is 30.3 Å². The first-order chi connectivity index (χ1) is 9.31. The molecular weight excluding hydrogens is 232 g/mol. The maximum Gasteiger partial charge on any atom is 0.0304 e. The molecule has 0 spiro atoms. The zero-order chi connectivity index (χ0) is 13.1. The summed E-state index contributed by atoms with van der Waals surface area (Å²) in [5.41, 5.74) is 7.81. The lowest BCUT2D eigenvalue weighted by molar-refractivity contribution is 0.220. The molecular formula is C17H26N2. The van der Waals surface area contributed by atoms with Crippen LogP contribution in [0.25, 0.3) is 0 Å². The minimum absolute atomic E-state index is 0.230. The Balaban J connectivity index is 1.57. The van der Waals surface area contributed by atoms with E-state index in [1.165, 1.54) is 50.6 Å². The lowest BCUT2D eigenvalue weighted by Crippen LogP contribution is -2.53. The van der Waals surface area contributed by atoms with E-state index in [-0.39, 0.29) is 5.54 Å². The second-order valence-corrected chi connectivity index (χ2v) is 6.49. The summed E-state index contributed by atoms with van der Waals surface area (Å²) in [6.45, 7) is 1.98. The fourth-order valence-corrected chi connectivity index (χ4v) is 3.36. The van der Waals surface area contributed by atoms with Gasteiger partial charge in [-0.2, -0.15) is 0 Å². The fourth-order valence-electron chi connectivity index (χ4n) is 3.36. The summed E-state index contributed by atoms with van der Waals surface area (Å²) in [4.78, 5) is 0. The fraction of sp³-hybridized carbons (Fsp3) is 0.647. The number of hydrogen-bond acceptors (Lipinski definition) is 2. The van der Waals surface area contributed by atoms with Gasteiger partial charge < -0.3 is 11.1 Å². The van der Waals surface area contributed by atoms with Crippen molar-refractivity contribution in [2.75, 3.05) is 13.1 Å². The quantitative estimate of drug-likeness (QED) is 0.852. The summed E-state index contributed by atoms with van der Waals surface area (Å²) in [5.74, 6) is 1.68. The van der Waals surface area contributed by atoms with Crippen LogP contribution in [-0.2, 0) is 0 Å². The summed E-state index contributed by atoms with van der Waals surface area (Å²) >= 11 is 0. The van der Waals surface area contributed by atoms with Gasteiger partial charge in [-0.05, 0) is 62.5 Å². The van der Waals surface area contributed by atoms with Gasteiger partial charge in [-0.3, -0.25) is 0 Å². The van der Waals surface area contributed by atoms with Gasteiger partial charge in [-0.25, -0.2) is 0 Å². The van der Waals surface area contributed by atoms with Crippen molar-refractivity contribution >= 4 is 0 Å². The molecule has 0 aromatic heterocycles. The van der Waals surface area contributed by atoms with Crippen LogP contribution in [0.2, 0.25) is 0 Å². The van der Waals surface area contributed by atoms with Crippen LogP contribution in [0.4, 0.5) is 0 Å². The standard InChI is InChI=1S/C17H26N2/c18-13-17(19-12-14-6-7-14)10-8-16(9-11-17)15-4-2-1-3-5-15/h1-5,14,16,19H,6-13,18H2. The van der Waals surface area contributed by atoms with Crippen molar-refractivity contribution in [1.82, 2.24) is 5.32 Å². The highest BCUT2D eigenvalue weighted by Gasteiger charge is 2.35. The SMILES string of the molecule is NCC1(NCC2CC2)CCC(c2ccccc2)CC1. The molecule has 0 radical (unpaired) electrons. The van der Waals surface area contributed by atoms with E-state index < -0.39 is 0 Å². The van der Waals surface area contributed by atoms with Crippen molar-refractivity contribution < 1.29 is 0 Å². The molecule has 2 heteroatoms. The Labute approximate surface area is 116 Å². The normalized spacial score (nSPS) is 31.3. The Morgan fingerprint density at radius 1 is 1.05 bits per heavy atom. The number of benzene rings is 1. The second kappa shape index (κ2) is 5.64. The molecule has 2 saturated carbocycles. The molecule has 2 fully saturated rings. The first-order valence-electron chi connectivity index (χ1n) is 7.81. The number of rotatable bonds is 5. The third kappa shape index (κ3) is 3.18. The molecule has 2 aliphatic carbocycles. The Morgan fingerprint density at radius 3 is 2.32 bits per heavy atom. The first kappa shape index (κ1) is 13.1. The molecule has 2 nitrogen and oxygen atoms in total. The lowest BCUT2D eigenvalue weighted by atomic mass is 9.74. The largest absolute Gasteiger partial charge is 0.329 e. The maximum absolute atomic E-state index is 6.07. The molecule has 1 aromatic rings. The second-order valence-electron chi connectivity index (χ2n) is 6.49. The van der Waals surface area contributed by atoms with Crippen LogP contribution in [0.3, 0.4) is 0 Å². The van der Waals surface area contributed by atoms with E-state index in [4.69, 9.17) is 5.73 Å². The Hall–Kier alpha value is -0.860. The molecule has 0 bridgehead atoms. The predicted molar refractivity (Wildman–Crippen MR) is 80.2 cm³/mol. The number of nitrogens with one attached hydrogen (secondary N) is 1. The summed E-state index contributed by atoms with van der Waals surface area (Å²) < 4.78 is 0. The summed E-state index contributed by atoms with van der Waals surface area (Å²) in [6.07, 6.45) is 7.85. The molecule has 3 N–H and O–H groups in total. The zero-order valence-corrected chi connectivity index (χ0v) is 11.8. The Kier molecular flexibility index (Phi) is 3.90. The topological polar surface area (TPSA) is 38.0 Å². The molecule has 2 aliphatic rings. The van der Waals surface area contributed by atoms with Crippen molar-refractivity contribution in [2.45, 2.75) is 50.0 Å². The van der Waals surface area contributed by atoms with Crippen molar-refractivity contribution in [2.24, 2.45) is 11.7 Å². The van der Waals surface area contributed by atoms with Gasteiger partial charge in [-0.15, -0.1) is 0 Å². The highest BCUT2D eigenvalue weighted by Crippen LogP contribution is 2.38. The predicted octanol–water partition coefficient (Wildman–Crippen LogP) is 3.04. The molecule has 1 aromatic carbocycles. The van der Waals surface area contributed by atoms with Crippen molar-refractivity contribution in [3.05, 3.63) is 35.9 Å². The number of hydrogen-bond donors (Lipinski definition) is 2. The molecule has 0 atom stereocenters. The first-order valence-corrected chi connectivity index (χ1v) is 7.81. The third-order valence-corrected chi connectivity index (χ3v) is 5.07. The van der Waals surface area contributed by atoms with E-state index >= 15 is 0 Å². The van der Waals surface area contributed by atoms with Crippen LogP contribution in [0, 0.1) is 5.92 Å². The van der Waals surface area contributed by atoms with E-state index in [1.54, 1.807) is 0 Å². The highest BCUT2D eigenvalue weighted by atomic mass is 15.0. The minimum Gasteiger partial charge on any atom is -0.329 e. The van der Waals surface area contributed by atoms with Crippen LogP contribution in [0.1, 0.15) is 50.0 Å². The molecule has 104 valence electrons. The molecule has 0 unspecified atom stereocenters. The monoisotopic (exact) mass is 258 g/mol. The summed E-state index contributed by atoms with van der Waals surface area (Å²) in [7, 11) is 0. The van der Waals surface area contributed by atoms with Gasteiger partial charge >= 0.3 is 0 Å². The van der Waals surface area contributed by atoms with Crippen LogP contribution < -0.4 is 11.1 Å². The molecule has 19 heavy (non-hydrogen) atoms. The van der Waals surface area contributed by atoms with Crippen LogP contribution >= 0.6 is 0 Å².